The minimum absolute atomic E-state index is 0.0115. The Morgan fingerprint density at radius 1 is 1.33 bits per heavy atom. The summed E-state index contributed by atoms with van der Waals surface area (Å²) in [5.74, 6) is 0.605. The van der Waals surface area contributed by atoms with Gasteiger partial charge < -0.3 is 5.32 Å². The molecule has 0 saturated carbocycles. The maximum Gasteiger partial charge on any atom is 0.252 e. The summed E-state index contributed by atoms with van der Waals surface area (Å²) < 4.78 is 0.851. The van der Waals surface area contributed by atoms with Gasteiger partial charge in [0.25, 0.3) is 5.91 Å². The first-order valence-electron chi connectivity index (χ1n) is 6.71. The number of amides is 1. The summed E-state index contributed by atoms with van der Waals surface area (Å²) in [6.45, 7) is 5.16. The van der Waals surface area contributed by atoms with Gasteiger partial charge in [0.1, 0.15) is 0 Å². The molecule has 3 heteroatoms. The van der Waals surface area contributed by atoms with Gasteiger partial charge in [0, 0.05) is 11.0 Å². The van der Waals surface area contributed by atoms with Crippen LogP contribution in [0.2, 0.25) is 0 Å². The number of nitrogens with one attached hydrogen (secondary N) is 1. The second-order valence-electron chi connectivity index (χ2n) is 4.61. The zero-order valence-electron chi connectivity index (χ0n) is 11.2. The van der Waals surface area contributed by atoms with E-state index in [1.54, 1.807) is 0 Å². The summed E-state index contributed by atoms with van der Waals surface area (Å²) >= 11 is 3.40. The third-order valence-electron chi connectivity index (χ3n) is 3.21. The van der Waals surface area contributed by atoms with Gasteiger partial charge in [0.15, 0.2) is 0 Å². The highest BCUT2D eigenvalue weighted by atomic mass is 79.9. The summed E-state index contributed by atoms with van der Waals surface area (Å²) in [6.07, 6.45) is 4.78. The standard InChI is InChI=1S/C15H22BrNO/c1-3-5-8-12(4-2)11-17-15(18)13-9-6-7-10-14(13)16/h6-7,9-10,12H,3-5,8,11H2,1-2H3,(H,17,18)/t12-/m0/s1. The SMILES string of the molecule is CCCC[C@H](CC)CNC(=O)c1ccccc1Br. The lowest BCUT2D eigenvalue weighted by atomic mass is 9.99. The quantitative estimate of drug-likeness (QED) is 0.794. The van der Waals surface area contributed by atoms with Crippen LogP contribution in [0.1, 0.15) is 49.9 Å². The highest BCUT2D eigenvalue weighted by Crippen LogP contribution is 2.16. The van der Waals surface area contributed by atoms with Crippen LogP contribution in [0.3, 0.4) is 0 Å². The van der Waals surface area contributed by atoms with Gasteiger partial charge in [-0.15, -0.1) is 0 Å². The molecule has 0 spiro atoms. The van der Waals surface area contributed by atoms with E-state index in [1.165, 1.54) is 19.3 Å². The molecule has 2 nitrogen and oxygen atoms in total. The van der Waals surface area contributed by atoms with E-state index in [1.807, 2.05) is 24.3 Å². The summed E-state index contributed by atoms with van der Waals surface area (Å²) in [7, 11) is 0. The molecule has 1 amide bonds. The first-order valence-corrected chi connectivity index (χ1v) is 7.51. The van der Waals surface area contributed by atoms with E-state index in [-0.39, 0.29) is 5.91 Å². The van der Waals surface area contributed by atoms with E-state index in [9.17, 15) is 4.79 Å². The Morgan fingerprint density at radius 2 is 2.06 bits per heavy atom. The summed E-state index contributed by atoms with van der Waals surface area (Å²) in [4.78, 5) is 12.0. The van der Waals surface area contributed by atoms with Crippen molar-refractivity contribution in [1.82, 2.24) is 5.32 Å². The van der Waals surface area contributed by atoms with Crippen LogP contribution in [0.25, 0.3) is 0 Å². The molecule has 1 N–H and O–H groups in total. The molecular formula is C15H22BrNO. The molecule has 0 bridgehead atoms. The van der Waals surface area contributed by atoms with E-state index in [0.29, 0.717) is 11.5 Å². The topological polar surface area (TPSA) is 29.1 Å². The fourth-order valence-corrected chi connectivity index (χ4v) is 2.39. The Labute approximate surface area is 118 Å². The molecule has 1 rings (SSSR count). The Bertz CT molecular complexity index is 379. The van der Waals surface area contributed by atoms with Crippen molar-refractivity contribution in [2.24, 2.45) is 5.92 Å². The number of unbranched alkanes of at least 4 members (excludes halogenated alkanes) is 1. The summed E-state index contributed by atoms with van der Waals surface area (Å²) in [6, 6.07) is 7.53. The number of hydrogen-bond acceptors (Lipinski definition) is 1. The molecule has 0 saturated heterocycles. The van der Waals surface area contributed by atoms with Gasteiger partial charge in [-0.05, 0) is 40.4 Å². The van der Waals surface area contributed by atoms with Crippen molar-refractivity contribution in [2.75, 3.05) is 6.54 Å². The first kappa shape index (κ1) is 15.2. The fraction of sp³-hybridized carbons (Fsp3) is 0.533. The van der Waals surface area contributed by atoms with E-state index >= 15 is 0 Å². The normalized spacial score (nSPS) is 12.2. The van der Waals surface area contributed by atoms with Crippen molar-refractivity contribution in [1.29, 1.82) is 0 Å². The molecule has 1 aromatic rings. The van der Waals surface area contributed by atoms with Crippen LogP contribution in [0.15, 0.2) is 28.7 Å². The number of hydrogen-bond donors (Lipinski definition) is 1. The van der Waals surface area contributed by atoms with E-state index < -0.39 is 0 Å². The second kappa shape index (κ2) is 8.30. The van der Waals surface area contributed by atoms with Gasteiger partial charge in [-0.2, -0.15) is 0 Å². The maximum absolute atomic E-state index is 12.0. The van der Waals surface area contributed by atoms with Gasteiger partial charge in [0.05, 0.1) is 5.56 Å². The smallest absolute Gasteiger partial charge is 0.252 e. The number of halogens is 1. The van der Waals surface area contributed by atoms with Crippen molar-refractivity contribution in [3.05, 3.63) is 34.3 Å². The monoisotopic (exact) mass is 311 g/mol. The van der Waals surface area contributed by atoms with Crippen LogP contribution < -0.4 is 5.32 Å². The van der Waals surface area contributed by atoms with Crippen molar-refractivity contribution in [2.45, 2.75) is 39.5 Å². The van der Waals surface area contributed by atoms with Crippen LogP contribution in [-0.2, 0) is 0 Å². The number of benzene rings is 1. The first-order chi connectivity index (χ1) is 8.69. The lowest BCUT2D eigenvalue weighted by Crippen LogP contribution is -2.29. The van der Waals surface area contributed by atoms with Crippen molar-refractivity contribution in [3.8, 4) is 0 Å². The zero-order chi connectivity index (χ0) is 13.4. The summed E-state index contributed by atoms with van der Waals surface area (Å²) in [5.41, 5.74) is 0.711. The van der Waals surface area contributed by atoms with Crippen LogP contribution in [-0.4, -0.2) is 12.5 Å². The van der Waals surface area contributed by atoms with Gasteiger partial charge >= 0.3 is 0 Å². The molecular weight excluding hydrogens is 290 g/mol. The Balaban J connectivity index is 2.47. The number of rotatable bonds is 7. The van der Waals surface area contributed by atoms with Crippen LogP contribution in [0, 0.1) is 5.92 Å². The van der Waals surface area contributed by atoms with Crippen LogP contribution in [0.5, 0.6) is 0 Å². The van der Waals surface area contributed by atoms with Gasteiger partial charge in [-0.25, -0.2) is 0 Å². The Morgan fingerprint density at radius 3 is 2.67 bits per heavy atom. The predicted molar refractivity (Wildman–Crippen MR) is 79.8 cm³/mol. The van der Waals surface area contributed by atoms with Crippen LogP contribution >= 0.6 is 15.9 Å². The van der Waals surface area contributed by atoms with Crippen molar-refractivity contribution in [3.63, 3.8) is 0 Å². The van der Waals surface area contributed by atoms with Gasteiger partial charge in [-0.1, -0.05) is 45.2 Å². The molecule has 1 aromatic carbocycles. The fourth-order valence-electron chi connectivity index (χ4n) is 1.92. The number of carbonyl (C=O) groups excluding carboxylic acids is 1. The number of carbonyl (C=O) groups is 1. The summed E-state index contributed by atoms with van der Waals surface area (Å²) in [5, 5.41) is 3.03. The van der Waals surface area contributed by atoms with Crippen molar-refractivity contribution >= 4 is 21.8 Å². The lowest BCUT2D eigenvalue weighted by Gasteiger charge is -2.15. The Kier molecular flexibility index (Phi) is 7.02. The lowest BCUT2D eigenvalue weighted by molar-refractivity contribution is 0.0945. The average Bonchev–Trinajstić information content (AvgIpc) is 2.39. The molecule has 0 aromatic heterocycles. The molecule has 0 fully saturated rings. The third-order valence-corrected chi connectivity index (χ3v) is 3.90. The van der Waals surface area contributed by atoms with Crippen molar-refractivity contribution < 1.29 is 4.79 Å². The zero-order valence-corrected chi connectivity index (χ0v) is 12.8. The highest BCUT2D eigenvalue weighted by molar-refractivity contribution is 9.10. The maximum atomic E-state index is 12.0. The minimum Gasteiger partial charge on any atom is -0.352 e. The minimum atomic E-state index is 0.0115. The molecule has 0 aliphatic carbocycles. The predicted octanol–water partition coefficient (Wildman–Crippen LogP) is 4.40. The Hall–Kier alpha value is -0.830. The molecule has 0 aliphatic rings. The molecule has 0 unspecified atom stereocenters. The van der Waals surface area contributed by atoms with E-state index in [2.05, 4.69) is 35.1 Å². The van der Waals surface area contributed by atoms with Crippen LogP contribution in [0.4, 0.5) is 0 Å². The third kappa shape index (κ3) is 4.81. The molecule has 18 heavy (non-hydrogen) atoms. The van der Waals surface area contributed by atoms with Gasteiger partial charge in [0.2, 0.25) is 0 Å². The molecule has 100 valence electrons. The van der Waals surface area contributed by atoms with Gasteiger partial charge in [-0.3, -0.25) is 4.79 Å². The average molecular weight is 312 g/mol. The molecule has 0 heterocycles. The highest BCUT2D eigenvalue weighted by Gasteiger charge is 2.11. The van der Waals surface area contributed by atoms with E-state index in [0.717, 1.165) is 17.4 Å². The van der Waals surface area contributed by atoms with E-state index in [4.69, 9.17) is 0 Å². The second-order valence-corrected chi connectivity index (χ2v) is 5.46. The molecule has 0 radical (unpaired) electrons. The molecule has 0 aliphatic heterocycles. The largest absolute Gasteiger partial charge is 0.352 e. The molecule has 1 atom stereocenters.